The van der Waals surface area contributed by atoms with Crippen LogP contribution in [0.25, 0.3) is 5.76 Å². The highest BCUT2D eigenvalue weighted by molar-refractivity contribution is 6.46. The van der Waals surface area contributed by atoms with Crippen molar-refractivity contribution in [3.05, 3.63) is 58.1 Å². The van der Waals surface area contributed by atoms with Gasteiger partial charge in [-0.25, -0.2) is 0 Å². The van der Waals surface area contributed by atoms with Crippen LogP contribution in [0.15, 0.2) is 42.0 Å². The molecule has 0 bridgehead atoms. The van der Waals surface area contributed by atoms with Crippen LogP contribution < -0.4 is 14.2 Å². The smallest absolute Gasteiger partial charge is 0.295 e. The van der Waals surface area contributed by atoms with Gasteiger partial charge in [0.1, 0.15) is 23.0 Å². The number of halogens is 1. The second kappa shape index (κ2) is 11.3. The molecule has 1 amide bonds. The predicted molar refractivity (Wildman–Crippen MR) is 128 cm³/mol. The van der Waals surface area contributed by atoms with Gasteiger partial charge in [0.25, 0.3) is 11.7 Å². The van der Waals surface area contributed by atoms with Crippen LogP contribution in [0.4, 0.5) is 0 Å². The van der Waals surface area contributed by atoms with Crippen LogP contribution >= 0.6 is 11.6 Å². The maximum atomic E-state index is 13.2. The Morgan fingerprint density at radius 2 is 1.79 bits per heavy atom. The molecule has 1 fully saturated rings. The maximum absolute atomic E-state index is 13.2. The molecule has 1 aliphatic rings. The zero-order chi connectivity index (χ0) is 24.8. The first-order valence-electron chi connectivity index (χ1n) is 10.8. The fraction of sp³-hybridized carbons (Fsp3) is 0.360. The van der Waals surface area contributed by atoms with E-state index in [4.69, 9.17) is 30.5 Å². The number of carbonyl (C=O) groups is 2. The van der Waals surface area contributed by atoms with Gasteiger partial charge in [-0.05, 0) is 30.2 Å². The molecule has 182 valence electrons. The minimum Gasteiger partial charge on any atom is -0.507 e. The lowest BCUT2D eigenvalue weighted by molar-refractivity contribution is -0.140. The summed E-state index contributed by atoms with van der Waals surface area (Å²) >= 11 is 6.28. The molecule has 0 saturated carbocycles. The molecule has 0 aliphatic carbocycles. The lowest BCUT2D eigenvalue weighted by Crippen LogP contribution is -2.32. The summed E-state index contributed by atoms with van der Waals surface area (Å²) in [7, 11) is 4.38. The Balaban J connectivity index is 2.21. The molecule has 34 heavy (non-hydrogen) atoms. The van der Waals surface area contributed by atoms with Crippen molar-refractivity contribution < 1.29 is 33.6 Å². The number of Topliss-reactive ketones (excluding diaryl/α,β-unsaturated/α-hetero) is 1. The standard InChI is InChI=1S/C25H28ClNO7/c1-5-10-34-16-8-6-7-15(12-16)22-21(24(29)25(30)27(22)9-11-31-2)23(28)17-13-18(26)20(33-4)14-19(17)32-3/h6-8,12-14,22,28H,5,9-11H2,1-4H3/b23-21+. The van der Waals surface area contributed by atoms with Crippen molar-refractivity contribution >= 4 is 29.1 Å². The normalized spacial score (nSPS) is 17.2. The fourth-order valence-electron chi connectivity index (χ4n) is 3.83. The number of benzene rings is 2. The molecule has 0 aromatic heterocycles. The van der Waals surface area contributed by atoms with Crippen molar-refractivity contribution in [2.45, 2.75) is 19.4 Å². The SMILES string of the molecule is CCCOc1cccc(C2/C(=C(\O)c3cc(Cl)c(OC)cc3OC)C(=O)C(=O)N2CCOC)c1. The number of hydrogen-bond acceptors (Lipinski definition) is 7. The van der Waals surface area contributed by atoms with Crippen molar-refractivity contribution in [3.8, 4) is 17.2 Å². The number of hydrogen-bond donors (Lipinski definition) is 1. The number of likely N-dealkylation sites (tertiary alicyclic amines) is 1. The third kappa shape index (κ3) is 4.98. The maximum Gasteiger partial charge on any atom is 0.295 e. The largest absolute Gasteiger partial charge is 0.507 e. The lowest BCUT2D eigenvalue weighted by Gasteiger charge is -2.25. The number of ketones is 1. The number of ether oxygens (including phenoxy) is 4. The van der Waals surface area contributed by atoms with Gasteiger partial charge in [-0.15, -0.1) is 0 Å². The second-order valence-electron chi connectivity index (χ2n) is 7.59. The van der Waals surface area contributed by atoms with E-state index >= 15 is 0 Å². The number of methoxy groups -OCH3 is 3. The van der Waals surface area contributed by atoms with E-state index in [0.29, 0.717) is 23.7 Å². The molecule has 2 aromatic carbocycles. The highest BCUT2D eigenvalue weighted by atomic mass is 35.5. The van der Waals surface area contributed by atoms with Gasteiger partial charge in [0.15, 0.2) is 0 Å². The van der Waals surface area contributed by atoms with Crippen LogP contribution in [0.2, 0.25) is 5.02 Å². The van der Waals surface area contributed by atoms with Gasteiger partial charge in [-0.3, -0.25) is 9.59 Å². The topological polar surface area (TPSA) is 94.5 Å². The zero-order valence-corrected chi connectivity index (χ0v) is 20.3. The first kappa shape index (κ1) is 25.4. The number of aliphatic hydroxyl groups is 1. The first-order valence-corrected chi connectivity index (χ1v) is 11.2. The van der Waals surface area contributed by atoms with Gasteiger partial charge in [-0.1, -0.05) is 30.7 Å². The Morgan fingerprint density at radius 1 is 1.06 bits per heavy atom. The van der Waals surface area contributed by atoms with Gasteiger partial charge in [-0.2, -0.15) is 0 Å². The van der Waals surface area contributed by atoms with Crippen LogP contribution in [-0.2, 0) is 14.3 Å². The summed E-state index contributed by atoms with van der Waals surface area (Å²) in [6, 6.07) is 9.21. The van der Waals surface area contributed by atoms with Gasteiger partial charge in [0.2, 0.25) is 0 Å². The summed E-state index contributed by atoms with van der Waals surface area (Å²) in [6.07, 6.45) is 0.828. The van der Waals surface area contributed by atoms with E-state index in [0.717, 1.165) is 6.42 Å². The number of carbonyl (C=O) groups excluding carboxylic acids is 2. The van der Waals surface area contributed by atoms with Crippen LogP contribution in [0.3, 0.4) is 0 Å². The third-order valence-corrected chi connectivity index (χ3v) is 5.75. The molecule has 2 aromatic rings. The Bertz CT molecular complexity index is 1100. The molecule has 9 heteroatoms. The lowest BCUT2D eigenvalue weighted by atomic mass is 9.94. The zero-order valence-electron chi connectivity index (χ0n) is 19.6. The summed E-state index contributed by atoms with van der Waals surface area (Å²) < 4.78 is 21.5. The summed E-state index contributed by atoms with van der Waals surface area (Å²) in [5.41, 5.74) is 0.707. The fourth-order valence-corrected chi connectivity index (χ4v) is 4.07. The Morgan fingerprint density at radius 3 is 2.44 bits per heavy atom. The van der Waals surface area contributed by atoms with E-state index < -0.39 is 23.5 Å². The average molecular weight is 490 g/mol. The van der Waals surface area contributed by atoms with Crippen LogP contribution in [0, 0.1) is 0 Å². The molecular weight excluding hydrogens is 462 g/mol. The third-order valence-electron chi connectivity index (χ3n) is 5.45. The van der Waals surface area contributed by atoms with E-state index in [1.165, 1.54) is 38.4 Å². The van der Waals surface area contributed by atoms with Gasteiger partial charge < -0.3 is 29.0 Å². The molecule has 1 N–H and O–H groups in total. The first-order chi connectivity index (χ1) is 16.4. The summed E-state index contributed by atoms with van der Waals surface area (Å²) in [5, 5.41) is 11.5. The monoisotopic (exact) mass is 489 g/mol. The highest BCUT2D eigenvalue weighted by Crippen LogP contribution is 2.43. The Kier molecular flexibility index (Phi) is 8.41. The Labute approximate surface area is 203 Å². The summed E-state index contributed by atoms with van der Waals surface area (Å²) in [6.45, 7) is 2.89. The summed E-state index contributed by atoms with van der Waals surface area (Å²) in [4.78, 5) is 27.5. The quantitative estimate of drug-likeness (QED) is 0.303. The van der Waals surface area contributed by atoms with E-state index in [1.54, 1.807) is 24.3 Å². The van der Waals surface area contributed by atoms with Crippen molar-refractivity contribution in [2.24, 2.45) is 0 Å². The van der Waals surface area contributed by atoms with Gasteiger partial charge in [0.05, 0.1) is 49.6 Å². The average Bonchev–Trinajstić information content (AvgIpc) is 3.10. The second-order valence-corrected chi connectivity index (χ2v) is 8.00. The summed E-state index contributed by atoms with van der Waals surface area (Å²) in [5.74, 6) is -0.769. The minimum atomic E-state index is -0.856. The predicted octanol–water partition coefficient (Wildman–Crippen LogP) is 4.21. The molecule has 1 unspecified atom stereocenters. The molecule has 0 spiro atoms. The molecule has 1 aliphatic heterocycles. The molecule has 0 radical (unpaired) electrons. The molecule has 1 atom stereocenters. The molecule has 1 heterocycles. The number of aliphatic hydroxyl groups excluding tert-OH is 1. The van der Waals surface area contributed by atoms with Crippen molar-refractivity contribution in [1.29, 1.82) is 0 Å². The number of amides is 1. The van der Waals surface area contributed by atoms with E-state index in [2.05, 4.69) is 0 Å². The van der Waals surface area contributed by atoms with Crippen LogP contribution in [0.5, 0.6) is 17.2 Å². The van der Waals surface area contributed by atoms with E-state index in [9.17, 15) is 14.7 Å². The van der Waals surface area contributed by atoms with E-state index in [1.807, 2.05) is 6.92 Å². The van der Waals surface area contributed by atoms with Gasteiger partial charge >= 0.3 is 0 Å². The molecule has 3 rings (SSSR count). The minimum absolute atomic E-state index is 0.0757. The van der Waals surface area contributed by atoms with Crippen LogP contribution in [0.1, 0.15) is 30.5 Å². The molecular formula is C25H28ClNO7. The molecule has 8 nitrogen and oxygen atoms in total. The molecule has 1 saturated heterocycles. The number of nitrogens with zero attached hydrogens (tertiary/aromatic N) is 1. The van der Waals surface area contributed by atoms with Gasteiger partial charge in [0, 0.05) is 19.7 Å². The van der Waals surface area contributed by atoms with E-state index in [-0.39, 0.29) is 35.1 Å². The van der Waals surface area contributed by atoms with Crippen molar-refractivity contribution in [1.82, 2.24) is 4.90 Å². The highest BCUT2D eigenvalue weighted by Gasteiger charge is 2.46. The number of rotatable bonds is 10. The van der Waals surface area contributed by atoms with Crippen molar-refractivity contribution in [2.75, 3.05) is 41.1 Å². The van der Waals surface area contributed by atoms with Crippen molar-refractivity contribution in [3.63, 3.8) is 0 Å². The van der Waals surface area contributed by atoms with Crippen LogP contribution in [-0.4, -0.2) is 62.8 Å². The Hall–Kier alpha value is -3.23.